The summed E-state index contributed by atoms with van der Waals surface area (Å²) in [7, 11) is 0. The van der Waals surface area contributed by atoms with Crippen molar-refractivity contribution in [3.8, 4) is 0 Å². The van der Waals surface area contributed by atoms with E-state index in [2.05, 4.69) is 42.1 Å². The van der Waals surface area contributed by atoms with Crippen molar-refractivity contribution in [1.82, 2.24) is 0 Å². The molecule has 0 saturated carbocycles. The van der Waals surface area contributed by atoms with Gasteiger partial charge in [-0.1, -0.05) is 64.4 Å². The van der Waals surface area contributed by atoms with Crippen LogP contribution in [-0.4, -0.2) is 0 Å². The molecule has 1 aromatic rings. The van der Waals surface area contributed by atoms with Gasteiger partial charge >= 0.3 is 0 Å². The van der Waals surface area contributed by atoms with Crippen LogP contribution in [0.5, 0.6) is 0 Å². The van der Waals surface area contributed by atoms with Crippen molar-refractivity contribution in [2.75, 3.05) is 0 Å². The monoisotopic (exact) mass is 290 g/mol. The summed E-state index contributed by atoms with van der Waals surface area (Å²) in [6.45, 7) is 3.46. The minimum Gasteiger partial charge on any atom is -0.373 e. The van der Waals surface area contributed by atoms with Gasteiger partial charge < -0.3 is 11.1 Å². The fourth-order valence-electron chi connectivity index (χ4n) is 2.37. The molecule has 1 aromatic heterocycles. The molecule has 1 heterocycles. The summed E-state index contributed by atoms with van der Waals surface area (Å²) in [5.41, 5.74) is 13.5. The van der Waals surface area contributed by atoms with E-state index in [-0.39, 0.29) is 0 Å². The molecule has 1 rings (SSSR count). The molecular weight excluding hydrogens is 260 g/mol. The molecule has 118 valence electrons. The third-order valence-corrected chi connectivity index (χ3v) is 3.55. The number of unbranched alkanes of at least 4 members (excludes halogenated alkanes) is 9. The molecule has 0 radical (unpaired) electrons. The molecule has 0 amide bonds. The van der Waals surface area contributed by atoms with Gasteiger partial charge in [0.2, 0.25) is 0 Å². The van der Waals surface area contributed by atoms with Gasteiger partial charge in [-0.3, -0.25) is 4.91 Å². The number of hydrogen-bond acceptors (Lipinski definition) is 0. The maximum atomic E-state index is 6.75. The Hall–Kier alpha value is -1.54. The van der Waals surface area contributed by atoms with Crippen molar-refractivity contribution in [3.05, 3.63) is 46.6 Å². The zero-order chi connectivity index (χ0) is 15.6. The number of hydrogen-bond donors (Lipinski definition) is 0. The quantitative estimate of drug-likeness (QED) is 0.163. The van der Waals surface area contributed by atoms with Gasteiger partial charge in [0.15, 0.2) is 12.4 Å². The highest BCUT2D eigenvalue weighted by Crippen LogP contribution is 2.10. The highest BCUT2D eigenvalue weighted by Gasteiger charge is 1.97. The Balaban J connectivity index is 0.00000122. The third-order valence-electron chi connectivity index (χ3n) is 3.55. The van der Waals surface area contributed by atoms with Crippen LogP contribution in [0.2, 0.25) is 0 Å². The lowest BCUT2D eigenvalue weighted by Gasteiger charge is -2.01. The Kier molecular flexibility index (Phi) is 15.3. The van der Waals surface area contributed by atoms with E-state index >= 15 is 0 Å². The molecule has 0 aliphatic heterocycles. The SMILES string of the molecule is CCCCCCCCCCCC[n+]1ccccc1.[N-]=[N+]=[N-]. The Bertz CT molecular complexity index is 345. The number of aromatic nitrogens is 1. The van der Waals surface area contributed by atoms with Gasteiger partial charge in [0.1, 0.15) is 6.54 Å². The molecule has 0 bridgehead atoms. The smallest absolute Gasteiger partial charge is 0.168 e. The van der Waals surface area contributed by atoms with Crippen LogP contribution in [0.3, 0.4) is 0 Å². The van der Waals surface area contributed by atoms with E-state index in [1.54, 1.807) is 0 Å². The molecule has 0 aliphatic rings. The molecule has 0 N–H and O–H groups in total. The van der Waals surface area contributed by atoms with Crippen LogP contribution in [0.4, 0.5) is 0 Å². The topological polar surface area (TPSA) is 62.6 Å². The number of rotatable bonds is 11. The average molecular weight is 290 g/mol. The molecule has 0 saturated heterocycles. The van der Waals surface area contributed by atoms with Crippen molar-refractivity contribution < 1.29 is 4.57 Å². The molecule has 0 aromatic carbocycles. The van der Waals surface area contributed by atoms with Crippen LogP contribution in [-0.2, 0) is 6.54 Å². The predicted molar refractivity (Wildman–Crippen MR) is 88.6 cm³/mol. The maximum absolute atomic E-state index is 6.75. The summed E-state index contributed by atoms with van der Waals surface area (Å²) in [4.78, 5) is 1.50. The van der Waals surface area contributed by atoms with E-state index in [1.807, 2.05) is 0 Å². The first-order chi connectivity index (χ1) is 10.3. The van der Waals surface area contributed by atoms with Gasteiger partial charge in [-0.15, -0.1) is 0 Å². The number of nitrogens with zero attached hydrogens (tertiary/aromatic N) is 4. The lowest BCUT2D eigenvalue weighted by molar-refractivity contribution is -0.697. The van der Waals surface area contributed by atoms with Gasteiger partial charge in [0.05, 0.1) is 0 Å². The fraction of sp³-hybridized carbons (Fsp3) is 0.706. The van der Waals surface area contributed by atoms with Crippen LogP contribution < -0.4 is 4.57 Å². The standard InChI is InChI=1S/C17H30N.N3/c1-2-3-4-5-6-7-8-9-10-12-15-18-16-13-11-14-17-18;1-3-2/h11,13-14,16-17H,2-10,12,15H2,1H3;/q+1;-1. The normalized spacial score (nSPS) is 9.57. The second kappa shape index (κ2) is 16.5. The minimum atomic E-state index is 1.18. The van der Waals surface area contributed by atoms with Crippen LogP contribution in [0.25, 0.3) is 16.0 Å². The van der Waals surface area contributed by atoms with E-state index in [9.17, 15) is 0 Å². The van der Waals surface area contributed by atoms with Crippen molar-refractivity contribution >= 4 is 0 Å². The molecule has 0 aliphatic carbocycles. The Morgan fingerprint density at radius 2 is 1.14 bits per heavy atom. The molecule has 0 atom stereocenters. The minimum absolute atomic E-state index is 1.18. The van der Waals surface area contributed by atoms with Gasteiger partial charge in [0.25, 0.3) is 0 Å². The maximum Gasteiger partial charge on any atom is 0.168 e. The summed E-state index contributed by atoms with van der Waals surface area (Å²) in [6, 6.07) is 6.29. The van der Waals surface area contributed by atoms with Crippen molar-refractivity contribution in [2.24, 2.45) is 0 Å². The first-order valence-corrected chi connectivity index (χ1v) is 8.27. The summed E-state index contributed by atoms with van der Waals surface area (Å²) in [5, 5.41) is 0. The predicted octanol–water partition coefficient (Wildman–Crippen LogP) is 5.76. The van der Waals surface area contributed by atoms with Gasteiger partial charge in [-0.2, -0.15) is 0 Å². The van der Waals surface area contributed by atoms with Crippen LogP contribution in [0, 0.1) is 0 Å². The molecule has 4 heteroatoms. The van der Waals surface area contributed by atoms with Crippen molar-refractivity contribution in [2.45, 2.75) is 77.7 Å². The van der Waals surface area contributed by atoms with Crippen LogP contribution in [0.15, 0.2) is 30.6 Å². The molecular formula is C17H30N4. The van der Waals surface area contributed by atoms with Gasteiger partial charge in [0, 0.05) is 18.6 Å². The van der Waals surface area contributed by atoms with E-state index in [0.29, 0.717) is 0 Å². The Labute approximate surface area is 129 Å². The van der Waals surface area contributed by atoms with E-state index in [4.69, 9.17) is 11.1 Å². The largest absolute Gasteiger partial charge is 0.373 e. The summed E-state index contributed by atoms with van der Waals surface area (Å²) >= 11 is 0. The van der Waals surface area contributed by atoms with Crippen LogP contribution in [0.1, 0.15) is 71.1 Å². The number of aryl methyl sites for hydroxylation is 1. The zero-order valence-corrected chi connectivity index (χ0v) is 13.5. The number of pyridine rings is 1. The van der Waals surface area contributed by atoms with Gasteiger partial charge in [-0.25, -0.2) is 4.57 Å². The summed E-state index contributed by atoms with van der Waals surface area (Å²) in [5.74, 6) is 0. The highest BCUT2D eigenvalue weighted by atomic mass is 15.0. The molecule has 0 unspecified atom stereocenters. The fourth-order valence-corrected chi connectivity index (χ4v) is 2.37. The lowest BCUT2D eigenvalue weighted by Crippen LogP contribution is -2.32. The van der Waals surface area contributed by atoms with E-state index in [0.717, 1.165) is 0 Å². The molecule has 0 spiro atoms. The first-order valence-electron chi connectivity index (χ1n) is 8.27. The summed E-state index contributed by atoms with van der Waals surface area (Å²) < 4.78 is 2.28. The molecule has 21 heavy (non-hydrogen) atoms. The van der Waals surface area contributed by atoms with Gasteiger partial charge in [-0.05, 0) is 6.42 Å². The van der Waals surface area contributed by atoms with E-state index in [1.165, 1.54) is 75.7 Å². The van der Waals surface area contributed by atoms with Crippen molar-refractivity contribution in [3.63, 3.8) is 0 Å². The van der Waals surface area contributed by atoms with Crippen LogP contribution >= 0.6 is 0 Å². The first kappa shape index (κ1) is 19.5. The summed E-state index contributed by atoms with van der Waals surface area (Å²) in [6.07, 6.45) is 18.5. The Morgan fingerprint density at radius 3 is 1.62 bits per heavy atom. The Morgan fingerprint density at radius 1 is 0.714 bits per heavy atom. The molecule has 0 fully saturated rings. The lowest BCUT2D eigenvalue weighted by atomic mass is 10.1. The second-order valence-electron chi connectivity index (χ2n) is 5.38. The van der Waals surface area contributed by atoms with Crippen molar-refractivity contribution in [1.29, 1.82) is 0 Å². The van der Waals surface area contributed by atoms with E-state index < -0.39 is 0 Å². The highest BCUT2D eigenvalue weighted by molar-refractivity contribution is 4.83. The molecule has 4 nitrogen and oxygen atoms in total. The third kappa shape index (κ3) is 14.7. The second-order valence-corrected chi connectivity index (χ2v) is 5.38. The average Bonchev–Trinajstić information content (AvgIpc) is 2.51. The zero-order valence-electron chi connectivity index (χ0n) is 13.5.